The number of aromatic nitrogens is 3. The summed E-state index contributed by atoms with van der Waals surface area (Å²) in [5.74, 6) is -0.577. The van der Waals surface area contributed by atoms with Crippen LogP contribution in [0, 0.1) is 5.82 Å². The second kappa shape index (κ2) is 7.93. The smallest absolute Gasteiger partial charge is 0.262 e. The summed E-state index contributed by atoms with van der Waals surface area (Å²) in [5, 5.41) is -0.0587. The van der Waals surface area contributed by atoms with Crippen molar-refractivity contribution in [3.8, 4) is 11.3 Å². The number of fused-ring (bicyclic) bond motifs is 1. The number of hydrogen-bond donors (Lipinski definition) is 2. The van der Waals surface area contributed by atoms with Gasteiger partial charge in [0.05, 0.1) is 27.5 Å². The molecule has 3 aromatic heterocycles. The van der Waals surface area contributed by atoms with Crippen molar-refractivity contribution in [2.45, 2.75) is 4.90 Å². The first-order valence-electron chi connectivity index (χ1n) is 8.90. The van der Waals surface area contributed by atoms with E-state index >= 15 is 0 Å². The van der Waals surface area contributed by atoms with Gasteiger partial charge in [0.15, 0.2) is 5.15 Å². The minimum absolute atomic E-state index is 0.0413. The third-order valence-electron chi connectivity index (χ3n) is 4.48. The summed E-state index contributed by atoms with van der Waals surface area (Å²) < 4.78 is 41.7. The Morgan fingerprint density at radius 1 is 1.13 bits per heavy atom. The molecular weight excluding hydrogens is 441 g/mol. The zero-order valence-electron chi connectivity index (χ0n) is 15.9. The molecule has 0 aliphatic carbocycles. The van der Waals surface area contributed by atoms with Gasteiger partial charge in [0.25, 0.3) is 10.0 Å². The molecule has 3 N–H and O–H groups in total. The molecule has 0 saturated carbocycles. The highest BCUT2D eigenvalue weighted by molar-refractivity contribution is 7.92. The number of nitrogens with two attached hydrogens (primary N) is 1. The van der Waals surface area contributed by atoms with Crippen molar-refractivity contribution < 1.29 is 12.8 Å². The average molecular weight is 456 g/mol. The van der Waals surface area contributed by atoms with E-state index in [0.717, 1.165) is 18.2 Å². The second-order valence-corrected chi connectivity index (χ2v) is 8.53. The third-order valence-corrected chi connectivity index (χ3v) is 6.22. The molecule has 0 aliphatic rings. The monoisotopic (exact) mass is 455 g/mol. The summed E-state index contributed by atoms with van der Waals surface area (Å²) >= 11 is 6.13. The maximum atomic E-state index is 13.5. The zero-order chi connectivity index (χ0) is 22.2. The first kappa shape index (κ1) is 20.7. The lowest BCUT2D eigenvalue weighted by Crippen LogP contribution is -2.15. The van der Waals surface area contributed by atoms with Crippen LogP contribution in [0.3, 0.4) is 0 Å². The predicted molar refractivity (Wildman–Crippen MR) is 119 cm³/mol. The van der Waals surface area contributed by atoms with Crippen molar-refractivity contribution in [3.63, 3.8) is 0 Å². The standard InChI is InChI=1S/C21H15ClFN5O2S/c1-2-12-9-14(23)3-6-19(12)31(29,30)28-18-10-13(11-26-21(18)22)16-4-5-17-20(27-16)15(24)7-8-25-17/h2-11,28H,1H2,(H2,24,25). The van der Waals surface area contributed by atoms with Gasteiger partial charge >= 0.3 is 0 Å². The Morgan fingerprint density at radius 2 is 1.94 bits per heavy atom. The quantitative estimate of drug-likeness (QED) is 0.428. The van der Waals surface area contributed by atoms with Crippen molar-refractivity contribution in [2.24, 2.45) is 0 Å². The zero-order valence-corrected chi connectivity index (χ0v) is 17.5. The molecule has 0 radical (unpaired) electrons. The highest BCUT2D eigenvalue weighted by atomic mass is 35.5. The number of sulfonamides is 1. The summed E-state index contributed by atoms with van der Waals surface area (Å²) in [6, 6.07) is 9.89. The van der Waals surface area contributed by atoms with Crippen LogP contribution in [0.25, 0.3) is 28.4 Å². The van der Waals surface area contributed by atoms with E-state index in [2.05, 4.69) is 26.3 Å². The molecule has 1 aromatic carbocycles. The number of pyridine rings is 3. The predicted octanol–water partition coefficient (Wildman–Crippen LogP) is 4.51. The van der Waals surface area contributed by atoms with E-state index in [1.165, 1.54) is 18.3 Å². The number of nitrogens with zero attached hydrogens (tertiary/aromatic N) is 3. The minimum Gasteiger partial charge on any atom is -0.397 e. The van der Waals surface area contributed by atoms with E-state index in [9.17, 15) is 12.8 Å². The summed E-state index contributed by atoms with van der Waals surface area (Å²) in [4.78, 5) is 12.6. The fraction of sp³-hybridized carbons (Fsp3) is 0. The van der Waals surface area contributed by atoms with Gasteiger partial charge in [-0.15, -0.1) is 0 Å². The van der Waals surface area contributed by atoms with Crippen LogP contribution in [0.5, 0.6) is 0 Å². The van der Waals surface area contributed by atoms with Crippen molar-refractivity contribution in [2.75, 3.05) is 10.5 Å². The lowest BCUT2D eigenvalue weighted by Gasteiger charge is -2.13. The summed E-state index contributed by atoms with van der Waals surface area (Å²) in [5.41, 5.74) is 8.75. The maximum Gasteiger partial charge on any atom is 0.262 e. The maximum absolute atomic E-state index is 13.5. The van der Waals surface area contributed by atoms with Crippen LogP contribution in [0.2, 0.25) is 5.15 Å². The third kappa shape index (κ3) is 4.05. The number of rotatable bonds is 5. The number of benzene rings is 1. The number of hydrogen-bond acceptors (Lipinski definition) is 6. The van der Waals surface area contributed by atoms with Gasteiger partial charge in [0, 0.05) is 18.0 Å². The molecule has 0 unspecified atom stereocenters. The fourth-order valence-electron chi connectivity index (χ4n) is 2.99. The lowest BCUT2D eigenvalue weighted by atomic mass is 10.1. The summed E-state index contributed by atoms with van der Waals surface area (Å²) in [6.07, 6.45) is 4.31. The Balaban J connectivity index is 1.75. The first-order chi connectivity index (χ1) is 14.8. The van der Waals surface area contributed by atoms with Gasteiger partial charge in [0.1, 0.15) is 11.3 Å². The molecule has 0 fully saturated rings. The average Bonchev–Trinajstić information content (AvgIpc) is 2.75. The van der Waals surface area contributed by atoms with Gasteiger partial charge in [-0.2, -0.15) is 0 Å². The molecule has 0 atom stereocenters. The molecule has 4 aromatic rings. The topological polar surface area (TPSA) is 111 Å². The van der Waals surface area contributed by atoms with Gasteiger partial charge in [-0.05, 0) is 48.0 Å². The fourth-order valence-corrected chi connectivity index (χ4v) is 4.45. The van der Waals surface area contributed by atoms with Gasteiger partial charge in [-0.25, -0.2) is 22.8 Å². The molecule has 0 spiro atoms. The summed E-state index contributed by atoms with van der Waals surface area (Å²) in [6.45, 7) is 3.54. The van der Waals surface area contributed by atoms with Gasteiger partial charge in [-0.3, -0.25) is 9.71 Å². The molecule has 0 bridgehead atoms. The SMILES string of the molecule is C=Cc1cc(F)ccc1S(=O)(=O)Nc1cc(-c2ccc3nccc(N)c3n2)cnc1Cl. The lowest BCUT2D eigenvalue weighted by molar-refractivity contribution is 0.599. The van der Waals surface area contributed by atoms with Crippen LogP contribution in [0.4, 0.5) is 15.8 Å². The van der Waals surface area contributed by atoms with Gasteiger partial charge < -0.3 is 5.73 Å². The Morgan fingerprint density at radius 3 is 2.71 bits per heavy atom. The highest BCUT2D eigenvalue weighted by Gasteiger charge is 2.20. The van der Waals surface area contributed by atoms with Gasteiger partial charge in [0.2, 0.25) is 0 Å². The Bertz CT molecular complexity index is 1440. The molecule has 0 saturated heterocycles. The molecule has 4 rings (SSSR count). The van der Waals surface area contributed by atoms with Crippen LogP contribution in [0.15, 0.2) is 66.3 Å². The normalized spacial score (nSPS) is 11.4. The molecule has 31 heavy (non-hydrogen) atoms. The number of nitrogens with one attached hydrogen (secondary N) is 1. The molecule has 156 valence electrons. The van der Waals surface area contributed by atoms with Crippen LogP contribution in [-0.2, 0) is 10.0 Å². The van der Waals surface area contributed by atoms with Crippen LogP contribution >= 0.6 is 11.6 Å². The Labute approximate surface area is 182 Å². The van der Waals surface area contributed by atoms with E-state index in [1.807, 2.05) is 0 Å². The minimum atomic E-state index is -4.10. The van der Waals surface area contributed by atoms with Crippen molar-refractivity contribution in [3.05, 3.63) is 78.0 Å². The van der Waals surface area contributed by atoms with E-state index < -0.39 is 15.8 Å². The van der Waals surface area contributed by atoms with Crippen molar-refractivity contribution in [1.29, 1.82) is 0 Å². The molecular formula is C21H15ClFN5O2S. The second-order valence-electron chi connectivity index (χ2n) is 6.52. The first-order valence-corrected chi connectivity index (χ1v) is 10.8. The van der Waals surface area contributed by atoms with Crippen LogP contribution in [-0.4, -0.2) is 23.4 Å². The van der Waals surface area contributed by atoms with E-state index in [0.29, 0.717) is 28.0 Å². The summed E-state index contributed by atoms with van der Waals surface area (Å²) in [7, 11) is -4.10. The molecule has 3 heterocycles. The van der Waals surface area contributed by atoms with Gasteiger partial charge in [-0.1, -0.05) is 24.3 Å². The highest BCUT2D eigenvalue weighted by Crippen LogP contribution is 2.30. The molecule has 7 nitrogen and oxygen atoms in total. The Kier molecular flexibility index (Phi) is 5.30. The molecule has 0 amide bonds. The molecule has 10 heteroatoms. The largest absolute Gasteiger partial charge is 0.397 e. The number of anilines is 2. The number of halogens is 2. The van der Waals surface area contributed by atoms with Crippen LogP contribution in [0.1, 0.15) is 5.56 Å². The Hall–Kier alpha value is -3.56. The molecule has 0 aliphatic heterocycles. The van der Waals surface area contributed by atoms with Crippen molar-refractivity contribution in [1.82, 2.24) is 15.0 Å². The van der Waals surface area contributed by atoms with Crippen LogP contribution < -0.4 is 10.5 Å². The van der Waals surface area contributed by atoms with E-state index in [-0.39, 0.29) is 21.3 Å². The van der Waals surface area contributed by atoms with E-state index in [4.69, 9.17) is 17.3 Å². The van der Waals surface area contributed by atoms with E-state index in [1.54, 1.807) is 24.4 Å². The van der Waals surface area contributed by atoms with Crippen molar-refractivity contribution >= 4 is 50.1 Å². The number of nitrogen functional groups attached to an aromatic ring is 1.